The predicted molar refractivity (Wildman–Crippen MR) is 76.3 cm³/mol. The Labute approximate surface area is 115 Å². The van der Waals surface area contributed by atoms with Crippen LogP contribution in [-0.4, -0.2) is 19.2 Å². The van der Waals surface area contributed by atoms with Crippen LogP contribution in [0.2, 0.25) is 0 Å². The van der Waals surface area contributed by atoms with Crippen LogP contribution in [0, 0.1) is 11.3 Å². The molecule has 0 amide bonds. The summed E-state index contributed by atoms with van der Waals surface area (Å²) >= 11 is 0. The minimum absolute atomic E-state index is 0.321. The van der Waals surface area contributed by atoms with Crippen LogP contribution in [0.1, 0.15) is 37.3 Å². The lowest BCUT2D eigenvalue weighted by Crippen LogP contribution is -2.41. The number of aryl methyl sites for hydroxylation is 1. The quantitative estimate of drug-likeness (QED) is 0.883. The molecule has 0 saturated heterocycles. The number of hydrogen-bond donors (Lipinski definition) is 1. The fraction of sp³-hybridized carbons (Fsp3) is 0.562. The molecule has 102 valence electrons. The van der Waals surface area contributed by atoms with Gasteiger partial charge in [0.15, 0.2) is 0 Å². The Hall–Kier alpha value is -1.53. The minimum atomic E-state index is 0.321. The van der Waals surface area contributed by atoms with Crippen LogP contribution < -0.4 is 10.1 Å². The molecule has 1 N–H and O–H groups in total. The minimum Gasteiger partial charge on any atom is -0.497 e. The second kappa shape index (κ2) is 6.58. The van der Waals surface area contributed by atoms with Crippen molar-refractivity contribution < 1.29 is 4.74 Å². The first-order valence-corrected chi connectivity index (χ1v) is 7.05. The summed E-state index contributed by atoms with van der Waals surface area (Å²) in [6.45, 7) is 2.13. The number of nitriles is 1. The summed E-state index contributed by atoms with van der Waals surface area (Å²) in [6, 6.07) is 9.43. The molecule has 0 radical (unpaired) electrons. The Morgan fingerprint density at radius 1 is 1.47 bits per heavy atom. The Bertz CT molecular complexity index is 464. The van der Waals surface area contributed by atoms with Gasteiger partial charge in [-0.25, -0.2) is 0 Å². The summed E-state index contributed by atoms with van der Waals surface area (Å²) in [5.41, 5.74) is 2.82. The molecule has 0 fully saturated rings. The first-order valence-electron chi connectivity index (χ1n) is 7.05. The fourth-order valence-electron chi connectivity index (χ4n) is 2.77. The Balaban J connectivity index is 2.02. The molecule has 1 aromatic rings. The van der Waals surface area contributed by atoms with Gasteiger partial charge in [0.1, 0.15) is 5.75 Å². The summed E-state index contributed by atoms with van der Waals surface area (Å²) in [5.74, 6) is 0.934. The number of fused-ring (bicyclic) bond motifs is 1. The van der Waals surface area contributed by atoms with Crippen LogP contribution in [0.15, 0.2) is 18.2 Å². The van der Waals surface area contributed by atoms with E-state index in [0.717, 1.165) is 31.4 Å². The SMILES string of the molecule is CCC(CC#N)NC1CCc2ccc(OC)cc2C1. The lowest BCUT2D eigenvalue weighted by atomic mass is 9.87. The smallest absolute Gasteiger partial charge is 0.119 e. The van der Waals surface area contributed by atoms with E-state index in [4.69, 9.17) is 10.00 Å². The number of nitrogens with zero attached hydrogens (tertiary/aromatic N) is 1. The van der Waals surface area contributed by atoms with Gasteiger partial charge in [0.25, 0.3) is 0 Å². The van der Waals surface area contributed by atoms with Gasteiger partial charge in [0.2, 0.25) is 0 Å². The van der Waals surface area contributed by atoms with E-state index in [1.54, 1.807) is 7.11 Å². The van der Waals surface area contributed by atoms with E-state index in [1.165, 1.54) is 11.1 Å². The highest BCUT2D eigenvalue weighted by molar-refractivity contribution is 5.37. The van der Waals surface area contributed by atoms with Gasteiger partial charge in [0, 0.05) is 12.1 Å². The van der Waals surface area contributed by atoms with E-state index in [-0.39, 0.29) is 0 Å². The maximum absolute atomic E-state index is 8.82. The summed E-state index contributed by atoms with van der Waals surface area (Å²) in [5, 5.41) is 12.4. The number of nitrogens with one attached hydrogen (secondary N) is 1. The van der Waals surface area contributed by atoms with E-state index in [0.29, 0.717) is 18.5 Å². The topological polar surface area (TPSA) is 45.0 Å². The molecule has 3 nitrogen and oxygen atoms in total. The Kier molecular flexibility index (Phi) is 4.81. The van der Waals surface area contributed by atoms with Crippen LogP contribution in [0.4, 0.5) is 0 Å². The van der Waals surface area contributed by atoms with E-state index in [2.05, 4.69) is 30.4 Å². The van der Waals surface area contributed by atoms with Crippen molar-refractivity contribution in [2.45, 2.75) is 51.1 Å². The van der Waals surface area contributed by atoms with Crippen molar-refractivity contribution in [2.24, 2.45) is 0 Å². The van der Waals surface area contributed by atoms with E-state index in [1.807, 2.05) is 6.07 Å². The third-order valence-corrected chi connectivity index (χ3v) is 3.94. The molecular weight excluding hydrogens is 236 g/mol. The van der Waals surface area contributed by atoms with Gasteiger partial charge in [-0.1, -0.05) is 13.0 Å². The third-order valence-electron chi connectivity index (χ3n) is 3.94. The van der Waals surface area contributed by atoms with Gasteiger partial charge < -0.3 is 10.1 Å². The average Bonchev–Trinajstić information content (AvgIpc) is 2.46. The third kappa shape index (κ3) is 3.48. The van der Waals surface area contributed by atoms with Crippen molar-refractivity contribution in [2.75, 3.05) is 7.11 Å². The first-order chi connectivity index (χ1) is 9.26. The average molecular weight is 258 g/mol. The molecule has 0 heterocycles. The van der Waals surface area contributed by atoms with Crippen molar-refractivity contribution in [3.63, 3.8) is 0 Å². The molecule has 0 spiro atoms. The molecule has 0 saturated carbocycles. The zero-order valence-electron chi connectivity index (χ0n) is 11.8. The molecule has 0 bridgehead atoms. The van der Waals surface area contributed by atoms with Crippen molar-refractivity contribution in [1.29, 1.82) is 5.26 Å². The molecule has 1 aliphatic carbocycles. The molecule has 0 aromatic heterocycles. The van der Waals surface area contributed by atoms with Crippen LogP contribution in [0.25, 0.3) is 0 Å². The number of methoxy groups -OCH3 is 1. The van der Waals surface area contributed by atoms with Gasteiger partial charge >= 0.3 is 0 Å². The molecule has 1 aliphatic rings. The van der Waals surface area contributed by atoms with Crippen molar-refractivity contribution in [3.8, 4) is 11.8 Å². The highest BCUT2D eigenvalue weighted by Crippen LogP contribution is 2.26. The van der Waals surface area contributed by atoms with E-state index >= 15 is 0 Å². The summed E-state index contributed by atoms with van der Waals surface area (Å²) in [6.07, 6.45) is 4.91. The molecule has 3 heteroatoms. The molecular formula is C16H22N2O. The van der Waals surface area contributed by atoms with Gasteiger partial charge in [-0.3, -0.25) is 0 Å². The van der Waals surface area contributed by atoms with Crippen LogP contribution in [0.3, 0.4) is 0 Å². The molecule has 19 heavy (non-hydrogen) atoms. The molecule has 0 aliphatic heterocycles. The monoisotopic (exact) mass is 258 g/mol. The van der Waals surface area contributed by atoms with Crippen LogP contribution in [-0.2, 0) is 12.8 Å². The second-order valence-corrected chi connectivity index (χ2v) is 5.21. The lowest BCUT2D eigenvalue weighted by Gasteiger charge is -2.29. The van der Waals surface area contributed by atoms with Crippen LogP contribution >= 0.6 is 0 Å². The second-order valence-electron chi connectivity index (χ2n) is 5.21. The van der Waals surface area contributed by atoms with Crippen molar-refractivity contribution in [1.82, 2.24) is 5.32 Å². The number of rotatable bonds is 5. The van der Waals surface area contributed by atoms with Crippen molar-refractivity contribution >= 4 is 0 Å². The van der Waals surface area contributed by atoms with E-state index < -0.39 is 0 Å². The molecule has 2 rings (SSSR count). The Morgan fingerprint density at radius 3 is 3.00 bits per heavy atom. The lowest BCUT2D eigenvalue weighted by molar-refractivity contribution is 0.384. The molecule has 2 unspecified atom stereocenters. The van der Waals surface area contributed by atoms with Gasteiger partial charge in [0.05, 0.1) is 19.6 Å². The maximum atomic E-state index is 8.82. The largest absolute Gasteiger partial charge is 0.497 e. The standard InChI is InChI=1S/C16H22N2O/c1-3-14(8-9-17)18-15-6-4-12-5-7-16(19-2)11-13(12)10-15/h5,7,11,14-15,18H,3-4,6,8,10H2,1-2H3. The maximum Gasteiger partial charge on any atom is 0.119 e. The number of ether oxygens (including phenoxy) is 1. The summed E-state index contributed by atoms with van der Waals surface area (Å²) in [7, 11) is 1.71. The summed E-state index contributed by atoms with van der Waals surface area (Å²) < 4.78 is 5.29. The van der Waals surface area contributed by atoms with Gasteiger partial charge in [-0.15, -0.1) is 0 Å². The van der Waals surface area contributed by atoms with Gasteiger partial charge in [-0.05, 0) is 48.9 Å². The normalized spacial score (nSPS) is 19.3. The highest BCUT2D eigenvalue weighted by atomic mass is 16.5. The Morgan fingerprint density at radius 2 is 2.32 bits per heavy atom. The van der Waals surface area contributed by atoms with E-state index in [9.17, 15) is 0 Å². The highest BCUT2D eigenvalue weighted by Gasteiger charge is 2.21. The first kappa shape index (κ1) is 13.9. The summed E-state index contributed by atoms with van der Waals surface area (Å²) in [4.78, 5) is 0. The van der Waals surface area contributed by atoms with Crippen molar-refractivity contribution in [3.05, 3.63) is 29.3 Å². The number of hydrogen-bond acceptors (Lipinski definition) is 3. The zero-order valence-corrected chi connectivity index (χ0v) is 11.8. The fourth-order valence-corrected chi connectivity index (χ4v) is 2.77. The molecule has 1 aromatic carbocycles. The number of benzene rings is 1. The molecule has 2 atom stereocenters. The predicted octanol–water partition coefficient (Wildman–Crippen LogP) is 2.83. The van der Waals surface area contributed by atoms with Gasteiger partial charge in [-0.2, -0.15) is 5.26 Å². The zero-order chi connectivity index (χ0) is 13.7. The van der Waals surface area contributed by atoms with Crippen LogP contribution in [0.5, 0.6) is 5.75 Å².